The molecule has 2 aromatic rings. The van der Waals surface area contributed by atoms with Crippen LogP contribution in [0, 0.1) is 25.2 Å². The van der Waals surface area contributed by atoms with Crippen LogP contribution in [0.1, 0.15) is 17.0 Å². The maximum absolute atomic E-state index is 8.56. The van der Waals surface area contributed by atoms with Crippen molar-refractivity contribution in [3.63, 3.8) is 0 Å². The lowest BCUT2D eigenvalue weighted by molar-refractivity contribution is 0.553. The van der Waals surface area contributed by atoms with Crippen molar-refractivity contribution in [3.05, 3.63) is 35.2 Å². The van der Waals surface area contributed by atoms with Crippen LogP contribution in [0.4, 0.5) is 0 Å². The normalized spacial score (nSPS) is 9.93. The van der Waals surface area contributed by atoms with Crippen LogP contribution in [0.3, 0.4) is 0 Å². The Morgan fingerprint density at radius 1 is 1.13 bits per heavy atom. The minimum atomic E-state index is -0.0100. The molecule has 0 atom stereocenters. The van der Waals surface area contributed by atoms with Gasteiger partial charge in [0.25, 0.3) is 0 Å². The maximum Gasteiger partial charge on any atom is 0.321 e. The minimum absolute atomic E-state index is 0.0100. The summed E-state index contributed by atoms with van der Waals surface area (Å²) >= 11 is 0. The lowest BCUT2D eigenvalue weighted by Gasteiger charge is -1.99. The van der Waals surface area contributed by atoms with E-state index in [4.69, 9.17) is 9.68 Å². The van der Waals surface area contributed by atoms with Gasteiger partial charge in [0.2, 0.25) is 5.89 Å². The molecule has 4 heteroatoms. The minimum Gasteiger partial charge on any atom is -0.408 e. The van der Waals surface area contributed by atoms with Gasteiger partial charge in [0.05, 0.1) is 0 Å². The maximum atomic E-state index is 8.56. The number of hydrogen-bond donors (Lipinski definition) is 0. The lowest BCUT2D eigenvalue weighted by Crippen LogP contribution is -1.82. The van der Waals surface area contributed by atoms with E-state index < -0.39 is 0 Å². The summed E-state index contributed by atoms with van der Waals surface area (Å²) in [7, 11) is 0. The fourth-order valence-electron chi connectivity index (χ4n) is 1.48. The summed E-state index contributed by atoms with van der Waals surface area (Å²) in [6, 6.07) is 7.76. The molecular weight excluding hydrogens is 190 g/mol. The van der Waals surface area contributed by atoms with Crippen LogP contribution in [-0.2, 0) is 0 Å². The van der Waals surface area contributed by atoms with Crippen LogP contribution in [0.25, 0.3) is 11.5 Å². The fourth-order valence-corrected chi connectivity index (χ4v) is 1.48. The van der Waals surface area contributed by atoms with E-state index in [-0.39, 0.29) is 5.89 Å². The van der Waals surface area contributed by atoms with Gasteiger partial charge in [0.1, 0.15) is 0 Å². The molecule has 2 rings (SSSR count). The Balaban J connectivity index is 2.50. The van der Waals surface area contributed by atoms with Crippen LogP contribution < -0.4 is 0 Å². The van der Waals surface area contributed by atoms with Crippen LogP contribution >= 0.6 is 0 Å². The first-order valence-corrected chi connectivity index (χ1v) is 4.51. The molecule has 1 aromatic heterocycles. The Kier molecular flexibility index (Phi) is 2.22. The largest absolute Gasteiger partial charge is 0.408 e. The van der Waals surface area contributed by atoms with Gasteiger partial charge in [-0.1, -0.05) is 22.3 Å². The summed E-state index contributed by atoms with van der Waals surface area (Å²) in [6.45, 7) is 4.00. The Bertz CT molecular complexity index is 517. The average Bonchev–Trinajstić information content (AvgIpc) is 2.64. The van der Waals surface area contributed by atoms with E-state index in [0.717, 1.165) is 16.7 Å². The molecule has 0 unspecified atom stereocenters. The van der Waals surface area contributed by atoms with Gasteiger partial charge < -0.3 is 4.42 Å². The summed E-state index contributed by atoms with van der Waals surface area (Å²) in [5.41, 5.74) is 3.10. The summed E-state index contributed by atoms with van der Waals surface area (Å²) in [4.78, 5) is 0. The van der Waals surface area contributed by atoms with Crippen LogP contribution in [0.5, 0.6) is 0 Å². The van der Waals surface area contributed by atoms with Gasteiger partial charge in [-0.3, -0.25) is 0 Å². The summed E-state index contributed by atoms with van der Waals surface area (Å²) in [6.07, 6.45) is 0. The van der Waals surface area contributed by atoms with E-state index in [1.165, 1.54) is 0 Å². The molecule has 74 valence electrons. The Labute approximate surface area is 87.2 Å². The van der Waals surface area contributed by atoms with Crippen LogP contribution in [-0.4, -0.2) is 10.2 Å². The molecule has 0 saturated carbocycles. The van der Waals surface area contributed by atoms with Crippen LogP contribution in [0.15, 0.2) is 22.6 Å². The van der Waals surface area contributed by atoms with Gasteiger partial charge in [0, 0.05) is 5.56 Å². The van der Waals surface area contributed by atoms with Crippen molar-refractivity contribution in [2.75, 3.05) is 0 Å². The third kappa shape index (κ3) is 1.86. The zero-order valence-corrected chi connectivity index (χ0v) is 8.48. The molecule has 1 heterocycles. The van der Waals surface area contributed by atoms with Crippen molar-refractivity contribution in [3.8, 4) is 17.5 Å². The van der Waals surface area contributed by atoms with E-state index in [1.807, 2.05) is 26.0 Å². The first kappa shape index (κ1) is 9.41. The van der Waals surface area contributed by atoms with E-state index in [9.17, 15) is 0 Å². The van der Waals surface area contributed by atoms with Crippen molar-refractivity contribution < 1.29 is 4.42 Å². The molecule has 0 fully saturated rings. The number of aromatic nitrogens is 2. The highest BCUT2D eigenvalue weighted by Gasteiger charge is 2.08. The highest BCUT2D eigenvalue weighted by atomic mass is 16.4. The second kappa shape index (κ2) is 3.54. The highest BCUT2D eigenvalue weighted by molar-refractivity contribution is 5.55. The standard InChI is InChI=1S/C11H9N3O/c1-7-3-8(2)5-9(4-7)11-14-13-10(6-12)15-11/h3-5H,1-2H3. The monoisotopic (exact) mass is 199 g/mol. The molecule has 0 aliphatic rings. The predicted molar refractivity (Wildman–Crippen MR) is 53.9 cm³/mol. The quantitative estimate of drug-likeness (QED) is 0.706. The average molecular weight is 199 g/mol. The Hall–Kier alpha value is -2.15. The van der Waals surface area contributed by atoms with Gasteiger partial charge >= 0.3 is 5.89 Å². The number of aryl methyl sites for hydroxylation is 2. The van der Waals surface area contributed by atoms with E-state index in [0.29, 0.717) is 5.89 Å². The molecule has 0 bridgehead atoms. The van der Waals surface area contributed by atoms with Gasteiger partial charge in [-0.25, -0.2) is 0 Å². The second-order valence-electron chi connectivity index (χ2n) is 3.40. The second-order valence-corrected chi connectivity index (χ2v) is 3.40. The molecule has 0 radical (unpaired) electrons. The van der Waals surface area contributed by atoms with Gasteiger partial charge in [-0.15, -0.1) is 5.10 Å². The number of nitriles is 1. The van der Waals surface area contributed by atoms with Gasteiger partial charge in [-0.05, 0) is 26.0 Å². The zero-order valence-electron chi connectivity index (χ0n) is 8.48. The van der Waals surface area contributed by atoms with Crippen molar-refractivity contribution in [2.45, 2.75) is 13.8 Å². The third-order valence-electron chi connectivity index (χ3n) is 1.99. The van der Waals surface area contributed by atoms with Gasteiger partial charge in [-0.2, -0.15) is 5.26 Å². The molecule has 0 saturated heterocycles. The topological polar surface area (TPSA) is 62.7 Å². The Morgan fingerprint density at radius 3 is 2.33 bits per heavy atom. The molecule has 15 heavy (non-hydrogen) atoms. The molecule has 0 aliphatic carbocycles. The Morgan fingerprint density at radius 2 is 1.80 bits per heavy atom. The molecule has 0 spiro atoms. The number of benzene rings is 1. The lowest BCUT2D eigenvalue weighted by atomic mass is 10.1. The summed E-state index contributed by atoms with van der Waals surface area (Å²) in [5.74, 6) is 0.377. The fraction of sp³-hybridized carbons (Fsp3) is 0.182. The molecule has 0 aliphatic heterocycles. The first-order chi connectivity index (χ1) is 7.19. The molecular formula is C11H9N3O. The van der Waals surface area contributed by atoms with E-state index >= 15 is 0 Å². The van der Waals surface area contributed by atoms with Gasteiger partial charge in [0.15, 0.2) is 6.07 Å². The summed E-state index contributed by atoms with van der Waals surface area (Å²) < 4.78 is 5.15. The van der Waals surface area contributed by atoms with Crippen molar-refractivity contribution in [1.82, 2.24) is 10.2 Å². The van der Waals surface area contributed by atoms with Crippen molar-refractivity contribution in [1.29, 1.82) is 5.26 Å². The predicted octanol–water partition coefficient (Wildman–Crippen LogP) is 2.23. The third-order valence-corrected chi connectivity index (χ3v) is 1.99. The molecule has 4 nitrogen and oxygen atoms in total. The molecule has 0 amide bonds. The number of rotatable bonds is 1. The summed E-state index contributed by atoms with van der Waals surface area (Å²) in [5, 5.41) is 16.0. The number of nitrogens with zero attached hydrogens (tertiary/aromatic N) is 3. The highest BCUT2D eigenvalue weighted by Crippen LogP contribution is 2.20. The SMILES string of the molecule is Cc1cc(C)cc(-c2nnc(C#N)o2)c1. The molecule has 1 aromatic carbocycles. The van der Waals surface area contributed by atoms with E-state index in [1.54, 1.807) is 6.07 Å². The smallest absolute Gasteiger partial charge is 0.321 e. The van der Waals surface area contributed by atoms with E-state index in [2.05, 4.69) is 16.3 Å². The molecule has 0 N–H and O–H groups in total. The number of hydrogen-bond acceptors (Lipinski definition) is 4. The van der Waals surface area contributed by atoms with Crippen molar-refractivity contribution >= 4 is 0 Å². The zero-order chi connectivity index (χ0) is 10.8. The van der Waals surface area contributed by atoms with Crippen LogP contribution in [0.2, 0.25) is 0 Å². The van der Waals surface area contributed by atoms with Crippen molar-refractivity contribution in [2.24, 2.45) is 0 Å². The first-order valence-electron chi connectivity index (χ1n) is 4.51.